The zero-order chi connectivity index (χ0) is 33.8. The Morgan fingerprint density at radius 1 is 0.854 bits per heavy atom. The van der Waals surface area contributed by atoms with E-state index in [1.807, 2.05) is 46.2 Å². The molecule has 48 heavy (non-hydrogen) atoms. The lowest BCUT2D eigenvalue weighted by Crippen LogP contribution is -2.54. The summed E-state index contributed by atoms with van der Waals surface area (Å²) in [7, 11) is 3.80. The van der Waals surface area contributed by atoms with Crippen molar-refractivity contribution in [2.45, 2.75) is 56.7 Å². The lowest BCUT2D eigenvalue weighted by molar-refractivity contribution is -0.142. The van der Waals surface area contributed by atoms with Crippen molar-refractivity contribution in [1.82, 2.24) is 24.5 Å². The molecule has 260 valence electrons. The third-order valence-electron chi connectivity index (χ3n) is 10.4. The number of nitrogens with zero attached hydrogens (tertiary/aromatic N) is 5. The number of urea groups is 1. The number of rotatable bonds is 7. The highest BCUT2D eigenvalue weighted by Gasteiger charge is 2.36. The largest absolute Gasteiger partial charge is 0.497 e. The van der Waals surface area contributed by atoms with E-state index < -0.39 is 12.2 Å². The Bertz CT molecular complexity index is 1470. The number of amides is 4. The summed E-state index contributed by atoms with van der Waals surface area (Å²) >= 11 is 7.09. The second-order valence-electron chi connectivity index (χ2n) is 13.3. The highest BCUT2D eigenvalue weighted by atomic mass is 79.9. The molecule has 2 aromatic carbocycles. The predicted molar refractivity (Wildman–Crippen MR) is 192 cm³/mol. The van der Waals surface area contributed by atoms with Crippen LogP contribution in [0, 0.1) is 0 Å². The lowest BCUT2D eigenvalue weighted by Gasteiger charge is -2.42. The fraction of sp³-hybridized carbons (Fsp3) is 0.571. The van der Waals surface area contributed by atoms with Gasteiger partial charge in [0.2, 0.25) is 0 Å². The number of methoxy groups -OCH3 is 1. The first-order valence-corrected chi connectivity index (χ1v) is 18.6. The van der Waals surface area contributed by atoms with Gasteiger partial charge in [-0.05, 0) is 112 Å². The summed E-state index contributed by atoms with van der Waals surface area (Å²) in [5, 5.41) is 3.05. The number of piperazine rings is 1. The Morgan fingerprint density at radius 2 is 1.54 bits per heavy atom. The van der Waals surface area contributed by atoms with Crippen LogP contribution in [0.4, 0.5) is 15.3 Å². The summed E-state index contributed by atoms with van der Waals surface area (Å²) < 4.78 is 13.2. The standard InChI is InChI=1S/C35H46Br2N6O5/c1-39-17-19-40(20-18-39)26-8-12-41(13-9-26)33(44)32(22-24-3-5-29(36)30(37)21-24)48-35(46)42-14-10-27(11-15-42)43-16-7-25-23-28(47-2)4-6-31(25)38-34(43)45/h3-6,21,23,26-27,32H,7-20,22H2,1-2H3,(H,38,45)/t32-/m1/s1. The number of nitrogens with one attached hydrogen (secondary N) is 1. The van der Waals surface area contributed by atoms with E-state index in [1.165, 1.54) is 0 Å². The van der Waals surface area contributed by atoms with Crippen molar-refractivity contribution in [1.29, 1.82) is 0 Å². The summed E-state index contributed by atoms with van der Waals surface area (Å²) in [6.45, 7) is 7.10. The number of fused-ring (bicyclic) bond motifs is 1. The molecule has 0 radical (unpaired) electrons. The van der Waals surface area contributed by atoms with E-state index in [2.05, 4.69) is 54.0 Å². The van der Waals surface area contributed by atoms with Crippen LogP contribution in [-0.2, 0) is 22.4 Å². The van der Waals surface area contributed by atoms with Gasteiger partial charge in [-0.3, -0.25) is 9.69 Å². The second kappa shape index (κ2) is 15.8. The first-order valence-electron chi connectivity index (χ1n) is 17.0. The van der Waals surface area contributed by atoms with Crippen molar-refractivity contribution in [3.05, 3.63) is 56.5 Å². The number of ether oxygens (including phenoxy) is 2. The molecule has 0 bridgehead atoms. The van der Waals surface area contributed by atoms with Gasteiger partial charge in [-0.1, -0.05) is 6.07 Å². The van der Waals surface area contributed by atoms with E-state index in [0.717, 1.165) is 77.0 Å². The van der Waals surface area contributed by atoms with E-state index in [4.69, 9.17) is 9.47 Å². The molecule has 0 aromatic heterocycles. The van der Waals surface area contributed by atoms with Gasteiger partial charge in [0.1, 0.15) is 5.75 Å². The predicted octanol–water partition coefficient (Wildman–Crippen LogP) is 5.06. The number of halogens is 2. The van der Waals surface area contributed by atoms with Crippen LogP contribution in [0.5, 0.6) is 5.75 Å². The monoisotopic (exact) mass is 788 g/mol. The Balaban J connectivity index is 1.06. The summed E-state index contributed by atoms with van der Waals surface area (Å²) in [5.41, 5.74) is 2.76. The van der Waals surface area contributed by atoms with Crippen LogP contribution in [0.15, 0.2) is 45.3 Å². The molecular weight excluding hydrogens is 744 g/mol. The number of piperidine rings is 2. The van der Waals surface area contributed by atoms with E-state index >= 15 is 0 Å². The Morgan fingerprint density at radius 3 is 2.23 bits per heavy atom. The van der Waals surface area contributed by atoms with Gasteiger partial charge in [-0.25, -0.2) is 9.59 Å². The van der Waals surface area contributed by atoms with Gasteiger partial charge in [0.15, 0.2) is 6.10 Å². The molecule has 0 aliphatic carbocycles. The van der Waals surface area contributed by atoms with Gasteiger partial charge in [-0.2, -0.15) is 0 Å². The number of benzene rings is 2. The molecule has 3 fully saturated rings. The molecule has 11 nitrogen and oxygen atoms in total. The van der Waals surface area contributed by atoms with Crippen LogP contribution in [0.1, 0.15) is 36.8 Å². The fourth-order valence-electron chi connectivity index (χ4n) is 7.36. The van der Waals surface area contributed by atoms with Crippen LogP contribution in [0.25, 0.3) is 0 Å². The van der Waals surface area contributed by atoms with E-state index in [-0.39, 0.29) is 18.0 Å². The van der Waals surface area contributed by atoms with Gasteiger partial charge >= 0.3 is 12.1 Å². The number of anilines is 1. The van der Waals surface area contributed by atoms with E-state index in [0.29, 0.717) is 58.0 Å². The second-order valence-corrected chi connectivity index (χ2v) is 15.0. The summed E-state index contributed by atoms with van der Waals surface area (Å²) in [4.78, 5) is 51.2. The molecule has 4 aliphatic rings. The maximum atomic E-state index is 14.0. The first kappa shape index (κ1) is 35.0. The van der Waals surface area contributed by atoms with E-state index in [1.54, 1.807) is 12.0 Å². The maximum Gasteiger partial charge on any atom is 0.410 e. The molecule has 13 heteroatoms. The normalized spacial score (nSPS) is 20.9. The van der Waals surface area contributed by atoms with Crippen LogP contribution in [0.3, 0.4) is 0 Å². The maximum absolute atomic E-state index is 14.0. The summed E-state index contributed by atoms with van der Waals surface area (Å²) in [6, 6.07) is 11.9. The molecule has 0 saturated carbocycles. The van der Waals surface area contributed by atoms with Gasteiger partial charge in [-0.15, -0.1) is 0 Å². The average molecular weight is 791 g/mol. The van der Waals surface area contributed by atoms with Crippen LogP contribution in [0.2, 0.25) is 0 Å². The van der Waals surface area contributed by atoms with Crippen molar-refractivity contribution >= 4 is 55.6 Å². The van der Waals surface area contributed by atoms with Gasteiger partial charge < -0.3 is 34.4 Å². The topological polar surface area (TPSA) is 97.9 Å². The number of carbonyl (C=O) groups excluding carboxylic acids is 3. The van der Waals surface area contributed by atoms with Crippen LogP contribution >= 0.6 is 31.9 Å². The summed E-state index contributed by atoms with van der Waals surface area (Å²) in [6.07, 6.45) is 2.75. The van der Waals surface area contributed by atoms with E-state index in [9.17, 15) is 14.4 Å². The number of hydrogen-bond acceptors (Lipinski definition) is 7. The molecule has 0 unspecified atom stereocenters. The first-order chi connectivity index (χ1) is 23.2. The number of hydrogen-bond donors (Lipinski definition) is 1. The molecule has 4 amide bonds. The molecule has 3 saturated heterocycles. The molecule has 4 heterocycles. The molecule has 1 atom stereocenters. The van der Waals surface area contributed by atoms with Gasteiger partial charge in [0, 0.05) is 92.0 Å². The third kappa shape index (κ3) is 8.28. The van der Waals surface area contributed by atoms with Gasteiger partial charge in [0.05, 0.1) is 7.11 Å². The minimum Gasteiger partial charge on any atom is -0.497 e. The zero-order valence-electron chi connectivity index (χ0n) is 27.8. The molecule has 1 N–H and O–H groups in total. The van der Waals surface area contributed by atoms with Crippen molar-refractivity contribution in [2.24, 2.45) is 0 Å². The van der Waals surface area contributed by atoms with Crippen LogP contribution in [-0.4, -0.2) is 134 Å². The number of likely N-dealkylation sites (tertiary alicyclic amines) is 2. The Kier molecular flexibility index (Phi) is 11.5. The van der Waals surface area contributed by atoms with Crippen molar-refractivity contribution < 1.29 is 23.9 Å². The molecule has 0 spiro atoms. The lowest BCUT2D eigenvalue weighted by atomic mass is 10.0. The van der Waals surface area contributed by atoms with Gasteiger partial charge in [0.25, 0.3) is 5.91 Å². The SMILES string of the molecule is COc1ccc2c(c1)CCN(C1CCN(C(=O)O[C@H](Cc3ccc(Br)c(Br)c3)C(=O)N3CCC(N4CCN(C)CC4)CC3)CC1)C(=O)N2. The number of carbonyl (C=O) groups is 3. The molecule has 6 rings (SSSR count). The Hall–Kier alpha value is -2.87. The third-order valence-corrected chi connectivity index (χ3v) is 12.2. The quantitative estimate of drug-likeness (QED) is 0.419. The minimum atomic E-state index is -0.921. The van der Waals surface area contributed by atoms with Crippen molar-refractivity contribution in [3.8, 4) is 5.75 Å². The molecule has 4 aliphatic heterocycles. The van der Waals surface area contributed by atoms with Crippen molar-refractivity contribution in [3.63, 3.8) is 0 Å². The molecule has 2 aromatic rings. The fourth-order valence-corrected chi connectivity index (χ4v) is 8.04. The zero-order valence-corrected chi connectivity index (χ0v) is 31.0. The Labute approximate surface area is 300 Å². The summed E-state index contributed by atoms with van der Waals surface area (Å²) in [5.74, 6) is 0.634. The molecular formula is C35H46Br2N6O5. The highest BCUT2D eigenvalue weighted by molar-refractivity contribution is 9.13. The van der Waals surface area contributed by atoms with Crippen LogP contribution < -0.4 is 10.1 Å². The minimum absolute atomic E-state index is 0.00408. The highest BCUT2D eigenvalue weighted by Crippen LogP contribution is 2.29. The van der Waals surface area contributed by atoms with Crippen molar-refractivity contribution in [2.75, 3.05) is 78.4 Å². The smallest absolute Gasteiger partial charge is 0.410 e. The average Bonchev–Trinajstić information content (AvgIpc) is 3.27. The number of likely N-dealkylation sites (N-methyl/N-ethyl adjacent to an activating group) is 1.